The first-order valence-electron chi connectivity index (χ1n) is 13.6. The molecule has 1 aromatic heterocycles. The number of aryl methyl sites for hydroxylation is 1. The molecule has 1 saturated heterocycles. The fraction of sp³-hybridized carbons (Fsp3) is 0.281. The standard InChI is InChI=1S/C32H27F5N2O5/c1-18-12-22(19(2)38-24-11-7-6-10-21(24)29(41)44-30(42)32(35,36)37)28-23(13-18)25(40)14-27(43-28)39-16-31(17-39,15-26(33)34)20-8-4-3-5-9-20/h3-14,19,26,38H,15-17H2,1-2H3. The number of carbonyl (C=O) groups excluding carboxylic acids is 2. The molecular formula is C32H27F5N2O5. The summed E-state index contributed by atoms with van der Waals surface area (Å²) in [6.07, 6.45) is -8.24. The Hall–Kier alpha value is -4.74. The van der Waals surface area contributed by atoms with Crippen molar-refractivity contribution in [1.82, 2.24) is 0 Å². The summed E-state index contributed by atoms with van der Waals surface area (Å²) >= 11 is 0. The van der Waals surface area contributed by atoms with E-state index in [-0.39, 0.29) is 53.0 Å². The lowest BCUT2D eigenvalue weighted by atomic mass is 9.71. The average Bonchev–Trinajstić information content (AvgIpc) is 2.94. The van der Waals surface area contributed by atoms with Crippen molar-refractivity contribution < 1.29 is 40.7 Å². The summed E-state index contributed by atoms with van der Waals surface area (Å²) in [5.74, 6) is -3.93. The lowest BCUT2D eigenvalue weighted by Crippen LogP contribution is -2.60. The quantitative estimate of drug-likeness (QED) is 0.131. The highest BCUT2D eigenvalue weighted by atomic mass is 19.4. The smallest absolute Gasteiger partial charge is 0.440 e. The maximum Gasteiger partial charge on any atom is 0.491 e. The van der Waals surface area contributed by atoms with Crippen LogP contribution in [0.3, 0.4) is 0 Å². The molecule has 0 saturated carbocycles. The molecule has 0 bridgehead atoms. The van der Waals surface area contributed by atoms with Crippen molar-refractivity contribution in [2.75, 3.05) is 23.3 Å². The number of nitrogens with one attached hydrogen (secondary N) is 1. The summed E-state index contributed by atoms with van der Waals surface area (Å²) in [4.78, 5) is 38.7. The number of alkyl halides is 5. The molecule has 44 heavy (non-hydrogen) atoms. The molecule has 3 aromatic carbocycles. The summed E-state index contributed by atoms with van der Waals surface area (Å²) in [7, 11) is 0. The number of carbonyl (C=O) groups is 2. The van der Waals surface area contributed by atoms with Crippen LogP contribution in [0.15, 0.2) is 82.0 Å². The largest absolute Gasteiger partial charge is 0.491 e. The maximum atomic E-state index is 13.6. The van der Waals surface area contributed by atoms with Crippen LogP contribution in [0.4, 0.5) is 33.5 Å². The van der Waals surface area contributed by atoms with E-state index in [9.17, 15) is 36.3 Å². The van der Waals surface area contributed by atoms with Gasteiger partial charge >= 0.3 is 18.1 Å². The Morgan fingerprint density at radius 1 is 1.02 bits per heavy atom. The third-order valence-electron chi connectivity index (χ3n) is 7.62. The number of anilines is 2. The van der Waals surface area contributed by atoms with Gasteiger partial charge < -0.3 is 19.4 Å². The monoisotopic (exact) mass is 614 g/mol. The lowest BCUT2D eigenvalue weighted by Gasteiger charge is -2.50. The van der Waals surface area contributed by atoms with Crippen molar-refractivity contribution in [3.8, 4) is 0 Å². The van der Waals surface area contributed by atoms with Crippen LogP contribution in [-0.4, -0.2) is 37.6 Å². The van der Waals surface area contributed by atoms with Crippen LogP contribution in [-0.2, 0) is 14.9 Å². The molecule has 2 heterocycles. The first kappa shape index (κ1) is 30.7. The number of para-hydroxylation sites is 1. The van der Waals surface area contributed by atoms with Crippen molar-refractivity contribution in [3.63, 3.8) is 0 Å². The Bertz CT molecular complexity index is 1760. The SMILES string of the molecule is Cc1cc(C(C)Nc2ccccc2C(=O)OC(=O)C(F)(F)F)c2oc(N3CC(CC(F)F)(c4ccccc4)C3)cc(=O)c2c1. The van der Waals surface area contributed by atoms with Crippen LogP contribution >= 0.6 is 0 Å². The van der Waals surface area contributed by atoms with Gasteiger partial charge in [-0.05, 0) is 43.2 Å². The molecule has 0 spiro atoms. The number of rotatable bonds is 8. The molecule has 0 radical (unpaired) electrons. The van der Waals surface area contributed by atoms with Crippen LogP contribution in [0.25, 0.3) is 11.0 Å². The molecule has 1 fully saturated rings. The van der Waals surface area contributed by atoms with E-state index in [1.165, 1.54) is 30.3 Å². The van der Waals surface area contributed by atoms with Gasteiger partial charge in [-0.1, -0.05) is 48.5 Å². The lowest BCUT2D eigenvalue weighted by molar-refractivity contribution is -0.193. The van der Waals surface area contributed by atoms with Crippen LogP contribution < -0.4 is 15.6 Å². The minimum Gasteiger partial charge on any atom is -0.440 e. The highest BCUT2D eigenvalue weighted by molar-refractivity contribution is 6.02. The first-order chi connectivity index (χ1) is 20.8. The molecule has 1 atom stereocenters. The molecule has 12 heteroatoms. The van der Waals surface area contributed by atoms with E-state index in [2.05, 4.69) is 10.1 Å². The molecule has 1 aliphatic rings. The van der Waals surface area contributed by atoms with Gasteiger partial charge in [-0.3, -0.25) is 4.79 Å². The zero-order valence-electron chi connectivity index (χ0n) is 23.6. The Labute approximate surface area is 248 Å². The predicted octanol–water partition coefficient (Wildman–Crippen LogP) is 6.93. The molecule has 1 N–H and O–H groups in total. The van der Waals surface area contributed by atoms with Crippen LogP contribution in [0.2, 0.25) is 0 Å². The van der Waals surface area contributed by atoms with E-state index in [4.69, 9.17) is 4.42 Å². The van der Waals surface area contributed by atoms with Gasteiger partial charge in [-0.15, -0.1) is 0 Å². The minimum absolute atomic E-state index is 0.0792. The summed E-state index contributed by atoms with van der Waals surface area (Å²) < 4.78 is 75.4. The van der Waals surface area contributed by atoms with Crippen molar-refractivity contribution in [3.05, 3.63) is 105 Å². The fourth-order valence-corrected chi connectivity index (χ4v) is 5.55. The second kappa shape index (κ2) is 11.7. The number of nitrogens with zero attached hydrogens (tertiary/aromatic N) is 1. The molecule has 230 valence electrons. The van der Waals surface area contributed by atoms with Crippen molar-refractivity contribution in [2.45, 2.75) is 44.3 Å². The summed E-state index contributed by atoms with van der Waals surface area (Å²) in [6.45, 7) is 3.87. The molecule has 0 amide bonds. The van der Waals surface area contributed by atoms with Gasteiger partial charge in [-0.2, -0.15) is 13.2 Å². The Balaban J connectivity index is 1.46. The summed E-state index contributed by atoms with van der Waals surface area (Å²) in [5.41, 5.74) is 0.797. The number of halogens is 5. The van der Waals surface area contributed by atoms with Gasteiger partial charge in [0.25, 0.3) is 0 Å². The van der Waals surface area contributed by atoms with Crippen LogP contribution in [0.1, 0.15) is 46.4 Å². The number of hydrogen-bond acceptors (Lipinski definition) is 7. The van der Waals surface area contributed by atoms with E-state index in [1.807, 2.05) is 0 Å². The zero-order valence-corrected chi connectivity index (χ0v) is 23.6. The highest BCUT2D eigenvalue weighted by Crippen LogP contribution is 2.42. The number of ether oxygens (including phenoxy) is 1. The Morgan fingerprint density at radius 2 is 1.68 bits per heavy atom. The molecule has 7 nitrogen and oxygen atoms in total. The Kier molecular flexibility index (Phi) is 8.19. The summed E-state index contributed by atoms with van der Waals surface area (Å²) in [6, 6.07) is 18.6. The van der Waals surface area contributed by atoms with Gasteiger partial charge in [0.15, 0.2) is 11.3 Å². The third-order valence-corrected chi connectivity index (χ3v) is 7.62. The average molecular weight is 615 g/mol. The number of esters is 2. The zero-order chi connectivity index (χ0) is 31.8. The minimum atomic E-state index is -5.35. The van der Waals surface area contributed by atoms with Crippen molar-refractivity contribution in [1.29, 1.82) is 0 Å². The topological polar surface area (TPSA) is 88.8 Å². The Morgan fingerprint density at radius 3 is 2.34 bits per heavy atom. The predicted molar refractivity (Wildman–Crippen MR) is 153 cm³/mol. The molecule has 0 aliphatic carbocycles. The van der Waals surface area contributed by atoms with Crippen LogP contribution in [0.5, 0.6) is 0 Å². The first-order valence-corrected chi connectivity index (χ1v) is 13.6. The number of hydrogen-bond donors (Lipinski definition) is 1. The second-order valence-electron chi connectivity index (χ2n) is 10.9. The van der Waals surface area contributed by atoms with E-state index in [1.54, 1.807) is 61.2 Å². The second-order valence-corrected chi connectivity index (χ2v) is 10.9. The van der Waals surface area contributed by atoms with Crippen LogP contribution in [0, 0.1) is 6.92 Å². The van der Waals surface area contributed by atoms with Crippen molar-refractivity contribution >= 4 is 34.5 Å². The number of fused-ring (bicyclic) bond motifs is 1. The highest BCUT2D eigenvalue weighted by Gasteiger charge is 2.47. The van der Waals surface area contributed by atoms with Gasteiger partial charge in [-0.25, -0.2) is 18.4 Å². The normalized spacial score (nSPS) is 15.1. The molecule has 1 aliphatic heterocycles. The molecular weight excluding hydrogens is 587 g/mol. The van der Waals surface area contributed by atoms with E-state index in [0.717, 1.165) is 5.56 Å². The van der Waals surface area contributed by atoms with E-state index < -0.39 is 36.0 Å². The molecule has 5 rings (SSSR count). The fourth-order valence-electron chi connectivity index (χ4n) is 5.55. The molecule has 4 aromatic rings. The maximum absolute atomic E-state index is 13.6. The van der Waals surface area contributed by atoms with E-state index in [0.29, 0.717) is 11.1 Å². The van der Waals surface area contributed by atoms with E-state index >= 15 is 0 Å². The summed E-state index contributed by atoms with van der Waals surface area (Å²) in [5, 5.41) is 3.31. The van der Waals surface area contributed by atoms with Crippen molar-refractivity contribution in [2.24, 2.45) is 0 Å². The van der Waals surface area contributed by atoms with Gasteiger partial charge in [0.2, 0.25) is 6.43 Å². The van der Waals surface area contributed by atoms with Gasteiger partial charge in [0.05, 0.1) is 17.0 Å². The molecule has 1 unspecified atom stereocenters. The number of benzene rings is 3. The third kappa shape index (κ3) is 6.15. The van der Waals surface area contributed by atoms with Gasteiger partial charge in [0.1, 0.15) is 5.58 Å². The van der Waals surface area contributed by atoms with Gasteiger partial charge in [0, 0.05) is 42.2 Å².